The number of benzene rings is 2. The Labute approximate surface area is 167 Å². The van der Waals surface area contributed by atoms with Gasteiger partial charge in [0.1, 0.15) is 0 Å². The Hall–Kier alpha value is -2.05. The van der Waals surface area contributed by atoms with E-state index in [4.69, 9.17) is 9.47 Å². The SMILES string of the molecule is C[C@]1(Cc2ccc3c(c2)OCO3)CCCN(Cc2ccc(S(C)(=O)=O)cc2)C1. The van der Waals surface area contributed by atoms with Crippen LogP contribution in [-0.4, -0.2) is 39.5 Å². The first-order valence-corrected chi connectivity index (χ1v) is 11.6. The maximum absolute atomic E-state index is 11.6. The van der Waals surface area contributed by atoms with Crippen LogP contribution >= 0.6 is 0 Å². The van der Waals surface area contributed by atoms with E-state index in [1.54, 1.807) is 12.1 Å². The average molecular weight is 402 g/mol. The lowest BCUT2D eigenvalue weighted by Crippen LogP contribution is -2.42. The minimum absolute atomic E-state index is 0.207. The van der Waals surface area contributed by atoms with Gasteiger partial charge in [0.2, 0.25) is 6.79 Å². The van der Waals surface area contributed by atoms with Gasteiger partial charge in [-0.05, 0) is 66.6 Å². The fourth-order valence-electron chi connectivity index (χ4n) is 4.35. The molecule has 2 aliphatic rings. The maximum Gasteiger partial charge on any atom is 0.231 e. The minimum Gasteiger partial charge on any atom is -0.454 e. The lowest BCUT2D eigenvalue weighted by molar-refractivity contribution is 0.0969. The standard InChI is InChI=1S/C22H27NO4S/c1-22(13-18-6-9-20-21(12-18)27-16-26-20)10-3-11-23(15-22)14-17-4-7-19(8-5-17)28(2,24)25/h4-9,12H,3,10-11,13-16H2,1-2H3/t22-/m1/s1. The van der Waals surface area contributed by atoms with Crippen LogP contribution in [0.3, 0.4) is 0 Å². The highest BCUT2D eigenvalue weighted by atomic mass is 32.2. The Kier molecular flexibility index (Phi) is 5.10. The van der Waals surface area contributed by atoms with Crippen molar-refractivity contribution in [2.24, 2.45) is 5.41 Å². The number of fused-ring (bicyclic) bond motifs is 1. The summed E-state index contributed by atoms with van der Waals surface area (Å²) in [5.74, 6) is 1.68. The Bertz CT molecular complexity index is 955. The van der Waals surface area contributed by atoms with E-state index in [0.717, 1.165) is 43.1 Å². The van der Waals surface area contributed by atoms with Gasteiger partial charge in [0, 0.05) is 19.3 Å². The van der Waals surface area contributed by atoms with Crippen molar-refractivity contribution in [1.82, 2.24) is 4.90 Å². The fraction of sp³-hybridized carbons (Fsp3) is 0.455. The van der Waals surface area contributed by atoms with Crippen LogP contribution in [0.4, 0.5) is 0 Å². The Morgan fingerprint density at radius 3 is 2.50 bits per heavy atom. The molecule has 0 unspecified atom stereocenters. The quantitative estimate of drug-likeness (QED) is 0.765. The van der Waals surface area contributed by atoms with E-state index in [-0.39, 0.29) is 5.41 Å². The molecule has 28 heavy (non-hydrogen) atoms. The topological polar surface area (TPSA) is 55.8 Å². The lowest BCUT2D eigenvalue weighted by Gasteiger charge is -2.41. The van der Waals surface area contributed by atoms with Crippen LogP contribution in [0.1, 0.15) is 30.9 Å². The molecule has 1 saturated heterocycles. The molecule has 0 saturated carbocycles. The normalized spacial score (nSPS) is 22.4. The first kappa shape index (κ1) is 19.3. The number of sulfone groups is 1. The molecule has 0 N–H and O–H groups in total. The highest BCUT2D eigenvalue weighted by molar-refractivity contribution is 7.90. The van der Waals surface area contributed by atoms with Crippen molar-refractivity contribution in [2.75, 3.05) is 26.1 Å². The average Bonchev–Trinajstić information content (AvgIpc) is 3.09. The van der Waals surface area contributed by atoms with Gasteiger partial charge < -0.3 is 9.47 Å². The summed E-state index contributed by atoms with van der Waals surface area (Å²) < 4.78 is 34.2. The molecule has 150 valence electrons. The Morgan fingerprint density at radius 2 is 1.75 bits per heavy atom. The Morgan fingerprint density at radius 1 is 1.04 bits per heavy atom. The van der Waals surface area contributed by atoms with Crippen LogP contribution in [-0.2, 0) is 22.8 Å². The molecule has 6 heteroatoms. The largest absolute Gasteiger partial charge is 0.454 e. The summed E-state index contributed by atoms with van der Waals surface area (Å²) in [4.78, 5) is 2.86. The second kappa shape index (κ2) is 7.41. The molecule has 0 amide bonds. The van der Waals surface area contributed by atoms with Crippen molar-refractivity contribution in [3.8, 4) is 11.5 Å². The summed E-state index contributed by atoms with van der Waals surface area (Å²) in [6.07, 6.45) is 4.62. The van der Waals surface area contributed by atoms with Crippen molar-refractivity contribution in [3.05, 3.63) is 53.6 Å². The van der Waals surface area contributed by atoms with Crippen LogP contribution in [0.5, 0.6) is 11.5 Å². The van der Waals surface area contributed by atoms with Gasteiger partial charge in [0.25, 0.3) is 0 Å². The molecule has 2 heterocycles. The van der Waals surface area contributed by atoms with E-state index in [1.807, 2.05) is 18.2 Å². The van der Waals surface area contributed by atoms with E-state index in [9.17, 15) is 8.42 Å². The van der Waals surface area contributed by atoms with E-state index >= 15 is 0 Å². The third-order valence-corrected chi connectivity index (χ3v) is 6.81. The van der Waals surface area contributed by atoms with Crippen LogP contribution in [0, 0.1) is 5.41 Å². The number of likely N-dealkylation sites (tertiary alicyclic amines) is 1. The zero-order valence-corrected chi connectivity index (χ0v) is 17.3. The highest BCUT2D eigenvalue weighted by Crippen LogP contribution is 2.37. The molecule has 4 rings (SSSR count). The first-order valence-electron chi connectivity index (χ1n) is 9.71. The van der Waals surface area contributed by atoms with E-state index in [2.05, 4.69) is 24.0 Å². The smallest absolute Gasteiger partial charge is 0.231 e. The molecule has 1 atom stereocenters. The molecule has 0 aliphatic carbocycles. The fourth-order valence-corrected chi connectivity index (χ4v) is 4.98. The van der Waals surface area contributed by atoms with Crippen LogP contribution in [0.2, 0.25) is 0 Å². The van der Waals surface area contributed by atoms with Crippen molar-refractivity contribution >= 4 is 9.84 Å². The summed E-state index contributed by atoms with van der Waals surface area (Å²) >= 11 is 0. The first-order chi connectivity index (χ1) is 13.3. The van der Waals surface area contributed by atoms with Gasteiger partial charge >= 0.3 is 0 Å². The maximum atomic E-state index is 11.6. The van der Waals surface area contributed by atoms with E-state index < -0.39 is 9.84 Å². The summed E-state index contributed by atoms with van der Waals surface area (Å²) in [5.41, 5.74) is 2.64. The number of piperidine rings is 1. The third kappa shape index (κ3) is 4.33. The number of rotatable bonds is 5. The predicted octanol–water partition coefficient (Wildman–Crippen LogP) is 3.66. The molecule has 5 nitrogen and oxygen atoms in total. The van der Waals surface area contributed by atoms with Gasteiger partial charge in [-0.2, -0.15) is 0 Å². The van der Waals surface area contributed by atoms with Gasteiger partial charge in [-0.25, -0.2) is 8.42 Å². The van der Waals surface area contributed by atoms with Crippen molar-refractivity contribution < 1.29 is 17.9 Å². The summed E-state index contributed by atoms with van der Waals surface area (Å²) in [5, 5.41) is 0. The van der Waals surface area contributed by atoms with Crippen molar-refractivity contribution in [3.63, 3.8) is 0 Å². The molecular formula is C22H27NO4S. The molecule has 2 aliphatic heterocycles. The van der Waals surface area contributed by atoms with Gasteiger partial charge in [-0.1, -0.05) is 25.1 Å². The molecule has 0 bridgehead atoms. The second-order valence-corrected chi connectivity index (χ2v) is 10.4. The van der Waals surface area contributed by atoms with Gasteiger partial charge in [-0.15, -0.1) is 0 Å². The summed E-state index contributed by atoms with van der Waals surface area (Å²) in [7, 11) is -3.14. The summed E-state index contributed by atoms with van der Waals surface area (Å²) in [6.45, 7) is 5.61. The molecule has 0 aromatic heterocycles. The predicted molar refractivity (Wildman–Crippen MR) is 108 cm³/mol. The Balaban J connectivity index is 1.42. The molecular weight excluding hydrogens is 374 g/mol. The van der Waals surface area contributed by atoms with Crippen LogP contribution in [0.15, 0.2) is 47.4 Å². The molecule has 0 radical (unpaired) electrons. The van der Waals surface area contributed by atoms with E-state index in [0.29, 0.717) is 11.7 Å². The summed E-state index contributed by atoms with van der Waals surface area (Å²) in [6, 6.07) is 13.5. The van der Waals surface area contributed by atoms with Crippen LogP contribution < -0.4 is 9.47 Å². The van der Waals surface area contributed by atoms with Gasteiger partial charge in [0.05, 0.1) is 4.90 Å². The molecule has 2 aromatic rings. The highest BCUT2D eigenvalue weighted by Gasteiger charge is 2.31. The molecule has 2 aromatic carbocycles. The number of hydrogen-bond acceptors (Lipinski definition) is 5. The van der Waals surface area contributed by atoms with E-state index in [1.165, 1.54) is 24.7 Å². The molecule has 1 fully saturated rings. The third-order valence-electron chi connectivity index (χ3n) is 5.69. The lowest BCUT2D eigenvalue weighted by atomic mass is 9.77. The number of hydrogen-bond donors (Lipinski definition) is 0. The number of nitrogens with zero attached hydrogens (tertiary/aromatic N) is 1. The zero-order chi connectivity index (χ0) is 19.8. The molecule has 0 spiro atoms. The van der Waals surface area contributed by atoms with Crippen molar-refractivity contribution in [2.45, 2.75) is 37.6 Å². The minimum atomic E-state index is -3.14. The monoisotopic (exact) mass is 401 g/mol. The second-order valence-electron chi connectivity index (χ2n) is 8.41. The van der Waals surface area contributed by atoms with Gasteiger partial charge in [-0.3, -0.25) is 4.90 Å². The number of ether oxygens (including phenoxy) is 2. The van der Waals surface area contributed by atoms with Crippen molar-refractivity contribution in [1.29, 1.82) is 0 Å². The van der Waals surface area contributed by atoms with Crippen LogP contribution in [0.25, 0.3) is 0 Å². The zero-order valence-electron chi connectivity index (χ0n) is 16.5. The van der Waals surface area contributed by atoms with Gasteiger partial charge in [0.15, 0.2) is 21.3 Å².